The van der Waals surface area contributed by atoms with Gasteiger partial charge in [0.15, 0.2) is 0 Å². The summed E-state index contributed by atoms with van der Waals surface area (Å²) in [6.07, 6.45) is 6.08. The van der Waals surface area contributed by atoms with Gasteiger partial charge in [-0.15, -0.1) is 0 Å². The fourth-order valence-corrected chi connectivity index (χ4v) is 1.26. The maximum atomic E-state index is 5.90. The van der Waals surface area contributed by atoms with Crippen molar-refractivity contribution in [2.24, 2.45) is 11.7 Å². The molecule has 12 heavy (non-hydrogen) atoms. The van der Waals surface area contributed by atoms with Crippen LogP contribution in [-0.2, 0) is 0 Å². The first-order valence-corrected chi connectivity index (χ1v) is 4.48. The van der Waals surface area contributed by atoms with E-state index in [1.54, 1.807) is 0 Å². The van der Waals surface area contributed by atoms with Crippen LogP contribution in [0.25, 0.3) is 0 Å². The zero-order chi connectivity index (χ0) is 9.35. The van der Waals surface area contributed by atoms with Gasteiger partial charge in [-0.25, -0.2) is 0 Å². The zero-order valence-corrected chi connectivity index (χ0v) is 8.68. The maximum Gasteiger partial charge on any atom is 0.0842 e. The summed E-state index contributed by atoms with van der Waals surface area (Å²) in [5.74, 6) is 0.267. The van der Waals surface area contributed by atoms with Crippen LogP contribution in [0.15, 0.2) is 23.9 Å². The molecule has 0 aromatic rings. The molecule has 1 aliphatic carbocycles. The minimum Gasteiger partial charge on any atom is -0.378 e. The third-order valence-corrected chi connectivity index (χ3v) is 2.74. The Hall–Kier alpha value is -0.410. The molecule has 0 bridgehead atoms. The van der Waals surface area contributed by atoms with Crippen LogP contribution in [0.1, 0.15) is 6.92 Å². The Morgan fingerprint density at radius 1 is 1.58 bits per heavy atom. The van der Waals surface area contributed by atoms with Gasteiger partial charge in [-0.05, 0) is 6.08 Å². The highest BCUT2D eigenvalue weighted by Crippen LogP contribution is 2.28. The van der Waals surface area contributed by atoms with E-state index in [1.165, 1.54) is 5.70 Å². The smallest absolute Gasteiger partial charge is 0.0842 e. The molecule has 2 unspecified atom stereocenters. The molecule has 0 saturated carbocycles. The van der Waals surface area contributed by atoms with Gasteiger partial charge in [0.05, 0.1) is 4.87 Å². The molecule has 0 radical (unpaired) electrons. The van der Waals surface area contributed by atoms with Crippen molar-refractivity contribution in [2.45, 2.75) is 11.8 Å². The van der Waals surface area contributed by atoms with Gasteiger partial charge in [0.2, 0.25) is 0 Å². The molecule has 2 N–H and O–H groups in total. The Balaban J connectivity index is 2.83. The summed E-state index contributed by atoms with van der Waals surface area (Å²) < 4.78 is 0. The predicted octanol–water partition coefficient (Wildman–Crippen LogP) is 1.22. The molecule has 0 saturated heterocycles. The van der Waals surface area contributed by atoms with Crippen molar-refractivity contribution < 1.29 is 0 Å². The van der Waals surface area contributed by atoms with E-state index < -0.39 is 4.87 Å². The van der Waals surface area contributed by atoms with E-state index in [2.05, 4.69) is 30.5 Å². The molecular formula is C9H16N2S. The molecule has 0 amide bonds. The normalized spacial score (nSPS) is 34.8. The van der Waals surface area contributed by atoms with Crippen LogP contribution in [0.4, 0.5) is 0 Å². The number of nitrogens with zero attached hydrogens (tertiary/aromatic N) is 1. The lowest BCUT2D eigenvalue weighted by molar-refractivity contribution is 0.492. The van der Waals surface area contributed by atoms with Crippen molar-refractivity contribution in [3.05, 3.63) is 23.9 Å². The molecule has 1 rings (SSSR count). The summed E-state index contributed by atoms with van der Waals surface area (Å²) >= 11 is 4.35. The van der Waals surface area contributed by atoms with E-state index in [0.29, 0.717) is 0 Å². The Morgan fingerprint density at radius 2 is 2.17 bits per heavy atom. The fourth-order valence-electron chi connectivity index (χ4n) is 1.11. The molecule has 68 valence electrons. The van der Waals surface area contributed by atoms with Gasteiger partial charge in [0, 0.05) is 25.7 Å². The molecule has 2 atom stereocenters. The molecule has 0 aromatic carbocycles. The first-order chi connectivity index (χ1) is 5.43. The molecule has 0 aliphatic heterocycles. The van der Waals surface area contributed by atoms with Crippen LogP contribution in [-0.4, -0.2) is 23.9 Å². The number of nitrogens with two attached hydrogens (primary N) is 1. The summed E-state index contributed by atoms with van der Waals surface area (Å²) in [7, 11) is 4.04. The Kier molecular flexibility index (Phi) is 2.54. The van der Waals surface area contributed by atoms with Gasteiger partial charge in [-0.2, -0.15) is 12.6 Å². The van der Waals surface area contributed by atoms with Gasteiger partial charge < -0.3 is 10.6 Å². The van der Waals surface area contributed by atoms with Crippen molar-refractivity contribution in [2.75, 3.05) is 14.1 Å². The number of thiol groups is 1. The highest BCUT2D eigenvalue weighted by Gasteiger charge is 2.26. The van der Waals surface area contributed by atoms with E-state index >= 15 is 0 Å². The zero-order valence-electron chi connectivity index (χ0n) is 7.78. The standard InChI is InChI=1S/C9H16N2S/c1-7-6-8(11(2)3)4-5-9(7,10)12/h4-7,12H,10H2,1-3H3. The van der Waals surface area contributed by atoms with Gasteiger partial charge >= 0.3 is 0 Å². The van der Waals surface area contributed by atoms with Crippen LogP contribution in [0.2, 0.25) is 0 Å². The second-order valence-corrected chi connectivity index (χ2v) is 4.27. The second-order valence-electron chi connectivity index (χ2n) is 3.50. The molecule has 0 heterocycles. The van der Waals surface area contributed by atoms with Crippen LogP contribution in [0, 0.1) is 5.92 Å². The van der Waals surface area contributed by atoms with Gasteiger partial charge in [0.25, 0.3) is 0 Å². The highest BCUT2D eigenvalue weighted by atomic mass is 32.1. The minimum atomic E-state index is -0.487. The lowest BCUT2D eigenvalue weighted by atomic mass is 9.95. The minimum absolute atomic E-state index is 0.267. The van der Waals surface area contributed by atoms with E-state index in [9.17, 15) is 0 Å². The summed E-state index contributed by atoms with van der Waals surface area (Å²) in [6.45, 7) is 2.07. The summed E-state index contributed by atoms with van der Waals surface area (Å²) in [4.78, 5) is 1.58. The fraction of sp³-hybridized carbons (Fsp3) is 0.556. The van der Waals surface area contributed by atoms with Crippen LogP contribution < -0.4 is 5.73 Å². The molecule has 1 aliphatic rings. The van der Waals surface area contributed by atoms with Crippen molar-refractivity contribution in [3.8, 4) is 0 Å². The van der Waals surface area contributed by atoms with Crippen LogP contribution in [0.3, 0.4) is 0 Å². The molecular weight excluding hydrogens is 168 g/mol. The van der Waals surface area contributed by atoms with Gasteiger partial charge in [0.1, 0.15) is 0 Å². The monoisotopic (exact) mass is 184 g/mol. The molecule has 3 heteroatoms. The number of rotatable bonds is 1. The summed E-state index contributed by atoms with van der Waals surface area (Å²) in [5.41, 5.74) is 7.09. The largest absolute Gasteiger partial charge is 0.378 e. The Bertz CT molecular complexity index is 229. The molecule has 0 fully saturated rings. The van der Waals surface area contributed by atoms with Gasteiger partial charge in [-0.1, -0.05) is 19.1 Å². The Morgan fingerprint density at radius 3 is 2.58 bits per heavy atom. The average Bonchev–Trinajstić information content (AvgIpc) is 1.94. The van der Waals surface area contributed by atoms with E-state index in [-0.39, 0.29) is 5.92 Å². The number of allylic oxidation sites excluding steroid dienone is 1. The van der Waals surface area contributed by atoms with Crippen molar-refractivity contribution in [1.82, 2.24) is 4.90 Å². The lowest BCUT2D eigenvalue weighted by Gasteiger charge is -2.30. The SMILES string of the molecule is CC1C=C(N(C)C)C=CC1(N)S. The topological polar surface area (TPSA) is 29.3 Å². The van der Waals surface area contributed by atoms with Gasteiger partial charge in [-0.3, -0.25) is 0 Å². The van der Waals surface area contributed by atoms with E-state index in [1.807, 2.05) is 26.2 Å². The van der Waals surface area contributed by atoms with Crippen LogP contribution in [0.5, 0.6) is 0 Å². The van der Waals surface area contributed by atoms with E-state index in [0.717, 1.165) is 0 Å². The lowest BCUT2D eigenvalue weighted by Crippen LogP contribution is -2.39. The third-order valence-electron chi connectivity index (χ3n) is 2.19. The van der Waals surface area contributed by atoms with Crippen molar-refractivity contribution in [1.29, 1.82) is 0 Å². The number of hydrogen-bond acceptors (Lipinski definition) is 3. The summed E-state index contributed by atoms with van der Waals surface area (Å²) in [6, 6.07) is 0. The van der Waals surface area contributed by atoms with Crippen LogP contribution >= 0.6 is 12.6 Å². The maximum absolute atomic E-state index is 5.90. The average molecular weight is 184 g/mol. The second kappa shape index (κ2) is 3.15. The molecule has 0 aromatic heterocycles. The predicted molar refractivity (Wildman–Crippen MR) is 56.0 cm³/mol. The van der Waals surface area contributed by atoms with E-state index in [4.69, 9.17) is 5.73 Å². The highest BCUT2D eigenvalue weighted by molar-refractivity contribution is 7.82. The first kappa shape index (κ1) is 9.68. The quantitative estimate of drug-likeness (QED) is 0.474. The Labute approximate surface area is 79.5 Å². The van der Waals surface area contributed by atoms with Crippen molar-refractivity contribution in [3.63, 3.8) is 0 Å². The number of hydrogen-bond donors (Lipinski definition) is 2. The van der Waals surface area contributed by atoms with Crippen molar-refractivity contribution >= 4 is 12.6 Å². The molecule has 0 spiro atoms. The molecule has 2 nitrogen and oxygen atoms in total. The third kappa shape index (κ3) is 1.84. The number of likely N-dealkylation sites (N-methyl/N-ethyl adjacent to an activating group) is 1. The summed E-state index contributed by atoms with van der Waals surface area (Å²) in [5, 5.41) is 0. The first-order valence-electron chi connectivity index (χ1n) is 4.03.